The number of nitrogens with zero attached hydrogens (tertiary/aromatic N) is 3. The second-order valence-electron chi connectivity index (χ2n) is 5.16. The van der Waals surface area contributed by atoms with Crippen LogP contribution in [0.3, 0.4) is 0 Å². The van der Waals surface area contributed by atoms with E-state index in [0.29, 0.717) is 23.0 Å². The van der Waals surface area contributed by atoms with Crippen LogP contribution in [-0.2, 0) is 0 Å². The summed E-state index contributed by atoms with van der Waals surface area (Å²) >= 11 is 1.34. The van der Waals surface area contributed by atoms with Crippen molar-refractivity contribution in [3.05, 3.63) is 5.51 Å². The van der Waals surface area contributed by atoms with Gasteiger partial charge in [0.05, 0.1) is 0 Å². The molecule has 100 valence electrons. The average Bonchev–Trinajstić information content (AvgIpc) is 2.81. The van der Waals surface area contributed by atoms with Crippen molar-refractivity contribution in [1.29, 1.82) is 0 Å². The van der Waals surface area contributed by atoms with Crippen LogP contribution in [-0.4, -0.2) is 34.2 Å². The zero-order chi connectivity index (χ0) is 13.1. The summed E-state index contributed by atoms with van der Waals surface area (Å²) in [4.78, 5) is 14.0. The molecule has 1 N–H and O–H groups in total. The molecule has 2 rings (SSSR count). The smallest absolute Gasteiger partial charge is 0.323 e. The van der Waals surface area contributed by atoms with E-state index in [4.69, 9.17) is 0 Å². The van der Waals surface area contributed by atoms with E-state index in [1.807, 2.05) is 11.9 Å². The monoisotopic (exact) mass is 268 g/mol. The molecule has 0 saturated heterocycles. The van der Waals surface area contributed by atoms with Gasteiger partial charge in [-0.1, -0.05) is 31.6 Å². The van der Waals surface area contributed by atoms with Gasteiger partial charge in [0.1, 0.15) is 5.51 Å². The first-order chi connectivity index (χ1) is 8.59. The Kier molecular flexibility index (Phi) is 4.16. The van der Waals surface area contributed by atoms with Gasteiger partial charge in [-0.2, -0.15) is 0 Å². The Bertz CT molecular complexity index is 385. The first kappa shape index (κ1) is 13.3. The number of carbonyl (C=O) groups excluding carboxylic acids is 1. The highest BCUT2D eigenvalue weighted by atomic mass is 32.1. The van der Waals surface area contributed by atoms with Crippen LogP contribution in [0, 0.1) is 11.8 Å². The summed E-state index contributed by atoms with van der Waals surface area (Å²) in [5, 5.41) is 10.9. The third-order valence-electron chi connectivity index (χ3n) is 3.83. The van der Waals surface area contributed by atoms with Gasteiger partial charge in [-0.05, 0) is 24.7 Å². The maximum absolute atomic E-state index is 12.2. The fourth-order valence-corrected chi connectivity index (χ4v) is 3.40. The van der Waals surface area contributed by atoms with Crippen LogP contribution in [0.25, 0.3) is 0 Å². The van der Waals surface area contributed by atoms with E-state index in [9.17, 15) is 4.79 Å². The highest BCUT2D eigenvalue weighted by Crippen LogP contribution is 2.32. The fraction of sp³-hybridized carbons (Fsp3) is 0.750. The van der Waals surface area contributed by atoms with Crippen LogP contribution in [0.1, 0.15) is 33.1 Å². The molecule has 1 fully saturated rings. The summed E-state index contributed by atoms with van der Waals surface area (Å²) in [6, 6.07) is 0.226. The molecule has 3 atom stereocenters. The lowest BCUT2D eigenvalue weighted by atomic mass is 9.78. The van der Waals surface area contributed by atoms with Crippen LogP contribution in [0.4, 0.5) is 9.93 Å². The van der Waals surface area contributed by atoms with Crippen LogP contribution < -0.4 is 5.32 Å². The molecule has 0 aliphatic heterocycles. The summed E-state index contributed by atoms with van der Waals surface area (Å²) in [5.74, 6) is 1.11. The van der Waals surface area contributed by atoms with Crippen molar-refractivity contribution in [2.45, 2.75) is 39.2 Å². The van der Waals surface area contributed by atoms with Crippen molar-refractivity contribution in [3.8, 4) is 0 Å². The molecule has 1 aliphatic rings. The molecule has 1 aromatic heterocycles. The van der Waals surface area contributed by atoms with Gasteiger partial charge in [0.2, 0.25) is 5.13 Å². The second kappa shape index (κ2) is 5.65. The molecule has 2 amide bonds. The molecule has 6 heteroatoms. The Morgan fingerprint density at radius 3 is 2.67 bits per heavy atom. The third kappa shape index (κ3) is 2.80. The summed E-state index contributed by atoms with van der Waals surface area (Å²) < 4.78 is 0. The molecule has 1 unspecified atom stereocenters. The Labute approximate surface area is 112 Å². The van der Waals surface area contributed by atoms with Crippen molar-refractivity contribution in [2.24, 2.45) is 11.8 Å². The molecular formula is C12H20N4OS. The maximum Gasteiger partial charge on any atom is 0.323 e. The number of anilines is 1. The number of amides is 2. The van der Waals surface area contributed by atoms with E-state index in [0.717, 1.165) is 0 Å². The van der Waals surface area contributed by atoms with Crippen molar-refractivity contribution in [1.82, 2.24) is 15.1 Å². The zero-order valence-electron chi connectivity index (χ0n) is 11.1. The van der Waals surface area contributed by atoms with Gasteiger partial charge in [0.15, 0.2) is 0 Å². The summed E-state index contributed by atoms with van der Waals surface area (Å²) in [5.41, 5.74) is 1.61. The molecule has 1 saturated carbocycles. The molecule has 0 aromatic carbocycles. The normalized spacial score (nSPS) is 27.8. The topological polar surface area (TPSA) is 58.1 Å². The SMILES string of the molecule is C[C@@H]1CCC[C@H](C)C1N(C)C(=O)Nc1nncs1. The van der Waals surface area contributed by atoms with E-state index < -0.39 is 0 Å². The standard InChI is InChI=1S/C12H20N4OS/c1-8-5-4-6-9(2)10(8)16(3)12(17)14-11-15-13-7-18-11/h7-10H,4-6H2,1-3H3,(H,14,15,17)/t8-,9+,10?. The molecule has 0 radical (unpaired) electrons. The Morgan fingerprint density at radius 1 is 1.44 bits per heavy atom. The molecule has 1 aromatic rings. The van der Waals surface area contributed by atoms with Gasteiger partial charge in [0.25, 0.3) is 0 Å². The van der Waals surface area contributed by atoms with E-state index >= 15 is 0 Å². The number of nitrogens with one attached hydrogen (secondary N) is 1. The first-order valence-electron chi connectivity index (χ1n) is 6.39. The third-order valence-corrected chi connectivity index (χ3v) is 4.43. The summed E-state index contributed by atoms with van der Waals surface area (Å²) in [6.07, 6.45) is 3.67. The Morgan fingerprint density at radius 2 is 2.11 bits per heavy atom. The summed E-state index contributed by atoms with van der Waals surface area (Å²) in [6.45, 7) is 4.46. The van der Waals surface area contributed by atoms with Crippen molar-refractivity contribution in [2.75, 3.05) is 12.4 Å². The highest BCUT2D eigenvalue weighted by molar-refractivity contribution is 7.13. The second-order valence-corrected chi connectivity index (χ2v) is 5.99. The minimum absolute atomic E-state index is 0.0858. The zero-order valence-corrected chi connectivity index (χ0v) is 11.9. The van der Waals surface area contributed by atoms with E-state index in [-0.39, 0.29) is 6.03 Å². The van der Waals surface area contributed by atoms with Crippen LogP contribution >= 0.6 is 11.3 Å². The molecule has 5 nitrogen and oxygen atoms in total. The van der Waals surface area contributed by atoms with Gasteiger partial charge in [-0.25, -0.2) is 4.79 Å². The molecule has 1 aliphatic carbocycles. The summed E-state index contributed by atoms with van der Waals surface area (Å²) in [7, 11) is 1.87. The number of hydrogen-bond acceptors (Lipinski definition) is 4. The van der Waals surface area contributed by atoms with Gasteiger partial charge >= 0.3 is 6.03 Å². The van der Waals surface area contributed by atoms with Crippen LogP contribution in [0.2, 0.25) is 0 Å². The lowest BCUT2D eigenvalue weighted by Crippen LogP contribution is -2.48. The molecular weight excluding hydrogens is 248 g/mol. The maximum atomic E-state index is 12.2. The average molecular weight is 268 g/mol. The Hall–Kier alpha value is -1.17. The van der Waals surface area contributed by atoms with Crippen LogP contribution in [0.5, 0.6) is 0 Å². The van der Waals surface area contributed by atoms with E-state index in [1.54, 1.807) is 5.51 Å². The predicted octanol–water partition coefficient (Wildman–Crippen LogP) is 2.83. The van der Waals surface area contributed by atoms with Crippen molar-refractivity contribution >= 4 is 22.5 Å². The molecule has 0 spiro atoms. The van der Waals surface area contributed by atoms with Gasteiger partial charge in [-0.15, -0.1) is 10.2 Å². The first-order valence-corrected chi connectivity index (χ1v) is 7.27. The highest BCUT2D eigenvalue weighted by Gasteiger charge is 2.33. The number of rotatable bonds is 2. The minimum atomic E-state index is -0.0858. The molecule has 0 bridgehead atoms. The fourth-order valence-electron chi connectivity index (χ4n) is 2.97. The quantitative estimate of drug-likeness (QED) is 0.897. The van der Waals surface area contributed by atoms with Crippen molar-refractivity contribution < 1.29 is 4.79 Å². The largest absolute Gasteiger partial charge is 0.324 e. The lowest BCUT2D eigenvalue weighted by Gasteiger charge is -2.40. The lowest BCUT2D eigenvalue weighted by molar-refractivity contribution is 0.115. The number of aromatic nitrogens is 2. The molecule has 18 heavy (non-hydrogen) atoms. The van der Waals surface area contributed by atoms with E-state index in [1.165, 1.54) is 30.6 Å². The number of urea groups is 1. The molecule has 1 heterocycles. The minimum Gasteiger partial charge on any atom is -0.324 e. The predicted molar refractivity (Wildman–Crippen MR) is 72.7 cm³/mol. The Balaban J connectivity index is 2.00. The van der Waals surface area contributed by atoms with Gasteiger partial charge < -0.3 is 4.90 Å². The van der Waals surface area contributed by atoms with Gasteiger partial charge in [-0.3, -0.25) is 5.32 Å². The van der Waals surface area contributed by atoms with Gasteiger partial charge in [0, 0.05) is 13.1 Å². The number of carbonyl (C=O) groups is 1. The van der Waals surface area contributed by atoms with E-state index in [2.05, 4.69) is 29.4 Å². The van der Waals surface area contributed by atoms with Crippen molar-refractivity contribution in [3.63, 3.8) is 0 Å². The van der Waals surface area contributed by atoms with Crippen LogP contribution in [0.15, 0.2) is 5.51 Å². The number of hydrogen-bond donors (Lipinski definition) is 1.